The van der Waals surface area contributed by atoms with E-state index in [9.17, 15) is 9.59 Å². The van der Waals surface area contributed by atoms with Gasteiger partial charge in [-0.3, -0.25) is 9.59 Å². The van der Waals surface area contributed by atoms with Crippen LogP contribution in [0.15, 0.2) is 59.3 Å². The van der Waals surface area contributed by atoms with Crippen molar-refractivity contribution in [2.45, 2.75) is 6.54 Å². The van der Waals surface area contributed by atoms with Gasteiger partial charge in [0.05, 0.1) is 17.4 Å². The van der Waals surface area contributed by atoms with Crippen molar-refractivity contribution in [3.8, 4) is 0 Å². The van der Waals surface area contributed by atoms with E-state index in [0.717, 1.165) is 15.5 Å². The highest BCUT2D eigenvalue weighted by molar-refractivity contribution is 9.10. The lowest BCUT2D eigenvalue weighted by Crippen LogP contribution is -2.22. The van der Waals surface area contributed by atoms with Crippen LogP contribution in [0.4, 0.5) is 5.69 Å². The van der Waals surface area contributed by atoms with Gasteiger partial charge in [-0.1, -0.05) is 34.1 Å². The van der Waals surface area contributed by atoms with Gasteiger partial charge in [-0.05, 0) is 30.3 Å². The summed E-state index contributed by atoms with van der Waals surface area (Å²) in [7, 11) is 0. The molecular weight excluding hydrogens is 374 g/mol. The first-order valence-corrected chi connectivity index (χ1v) is 8.02. The second-order valence-electron chi connectivity index (χ2n) is 5.08. The molecule has 0 radical (unpaired) electrons. The van der Waals surface area contributed by atoms with Gasteiger partial charge in [0.25, 0.3) is 5.91 Å². The Balaban J connectivity index is 1.53. The predicted molar refractivity (Wildman–Crippen MR) is 93.5 cm³/mol. The SMILES string of the molecule is O=C(COC(=O)Cn1cnc2ccccc21)Nc1cccc(Br)c1. The van der Waals surface area contributed by atoms with Gasteiger partial charge in [-0.25, -0.2) is 4.98 Å². The monoisotopic (exact) mass is 387 g/mol. The molecule has 7 heteroatoms. The maximum absolute atomic E-state index is 11.9. The molecule has 1 aromatic heterocycles. The topological polar surface area (TPSA) is 73.2 Å². The highest BCUT2D eigenvalue weighted by atomic mass is 79.9. The Kier molecular flexibility index (Phi) is 4.90. The van der Waals surface area contributed by atoms with Gasteiger partial charge >= 0.3 is 5.97 Å². The van der Waals surface area contributed by atoms with Crippen molar-refractivity contribution >= 4 is 44.5 Å². The minimum Gasteiger partial charge on any atom is -0.454 e. The summed E-state index contributed by atoms with van der Waals surface area (Å²) in [5, 5.41) is 2.66. The normalized spacial score (nSPS) is 10.5. The lowest BCUT2D eigenvalue weighted by Gasteiger charge is -2.08. The zero-order valence-corrected chi connectivity index (χ0v) is 14.2. The zero-order valence-electron chi connectivity index (χ0n) is 12.6. The van der Waals surface area contributed by atoms with E-state index in [-0.39, 0.29) is 13.2 Å². The Bertz CT molecular complexity index is 891. The largest absolute Gasteiger partial charge is 0.454 e. The van der Waals surface area contributed by atoms with Crippen LogP contribution in [0.5, 0.6) is 0 Å². The number of anilines is 1. The summed E-state index contributed by atoms with van der Waals surface area (Å²) in [5.74, 6) is -0.889. The highest BCUT2D eigenvalue weighted by Crippen LogP contribution is 2.15. The third kappa shape index (κ3) is 3.99. The first-order valence-electron chi connectivity index (χ1n) is 7.23. The zero-order chi connectivity index (χ0) is 16.9. The van der Waals surface area contributed by atoms with Crippen LogP contribution in [0, 0.1) is 0 Å². The first-order chi connectivity index (χ1) is 11.6. The van der Waals surface area contributed by atoms with Gasteiger partial charge in [0.2, 0.25) is 0 Å². The molecule has 0 atom stereocenters. The molecule has 3 rings (SSSR count). The van der Waals surface area contributed by atoms with Gasteiger partial charge in [0.15, 0.2) is 6.61 Å². The Morgan fingerprint density at radius 1 is 1.17 bits per heavy atom. The Labute approximate surface area is 146 Å². The molecule has 1 N–H and O–H groups in total. The summed E-state index contributed by atoms with van der Waals surface area (Å²) in [4.78, 5) is 27.9. The van der Waals surface area contributed by atoms with Gasteiger partial charge < -0.3 is 14.6 Å². The van der Waals surface area contributed by atoms with Crippen molar-refractivity contribution in [2.75, 3.05) is 11.9 Å². The van der Waals surface area contributed by atoms with Crippen molar-refractivity contribution < 1.29 is 14.3 Å². The van der Waals surface area contributed by atoms with Crippen LogP contribution in [-0.2, 0) is 20.9 Å². The number of halogens is 1. The number of fused-ring (bicyclic) bond motifs is 1. The van der Waals surface area contributed by atoms with Crippen molar-refractivity contribution in [3.63, 3.8) is 0 Å². The Morgan fingerprint density at radius 3 is 2.83 bits per heavy atom. The van der Waals surface area contributed by atoms with Crippen LogP contribution in [0.2, 0.25) is 0 Å². The number of carbonyl (C=O) groups excluding carboxylic acids is 2. The quantitative estimate of drug-likeness (QED) is 0.683. The van der Waals surface area contributed by atoms with Crippen molar-refractivity contribution in [1.82, 2.24) is 9.55 Å². The van der Waals surface area contributed by atoms with Crippen LogP contribution < -0.4 is 5.32 Å². The lowest BCUT2D eigenvalue weighted by atomic mass is 10.3. The lowest BCUT2D eigenvalue weighted by molar-refractivity contribution is -0.147. The van der Waals surface area contributed by atoms with Crippen molar-refractivity contribution in [1.29, 1.82) is 0 Å². The fraction of sp³-hybridized carbons (Fsp3) is 0.118. The van der Waals surface area contributed by atoms with Crippen LogP contribution in [0.25, 0.3) is 11.0 Å². The standard InChI is InChI=1S/C17H14BrN3O3/c18-12-4-3-5-13(8-12)20-16(22)10-24-17(23)9-21-11-19-14-6-1-2-7-15(14)21/h1-8,11H,9-10H2,(H,20,22). The molecule has 0 bridgehead atoms. The van der Waals surface area contributed by atoms with E-state index >= 15 is 0 Å². The van der Waals surface area contributed by atoms with Crippen LogP contribution in [-0.4, -0.2) is 28.0 Å². The summed E-state index contributed by atoms with van der Waals surface area (Å²) in [6.07, 6.45) is 1.58. The van der Waals surface area contributed by atoms with Gasteiger partial charge in [-0.15, -0.1) is 0 Å². The Hall–Kier alpha value is -2.67. The first kappa shape index (κ1) is 16.2. The molecule has 2 aromatic carbocycles. The number of carbonyl (C=O) groups is 2. The molecule has 6 nitrogen and oxygen atoms in total. The molecule has 1 amide bonds. The summed E-state index contributed by atoms with van der Waals surface area (Å²) < 4.78 is 7.55. The highest BCUT2D eigenvalue weighted by Gasteiger charge is 2.10. The number of nitrogens with one attached hydrogen (secondary N) is 1. The van der Waals surface area contributed by atoms with Crippen molar-refractivity contribution in [2.24, 2.45) is 0 Å². The number of benzene rings is 2. The van der Waals surface area contributed by atoms with Gasteiger partial charge in [0, 0.05) is 10.2 Å². The molecule has 0 saturated carbocycles. The van der Waals surface area contributed by atoms with Gasteiger partial charge in [-0.2, -0.15) is 0 Å². The number of imidazole rings is 1. The summed E-state index contributed by atoms with van der Waals surface area (Å²) in [6.45, 7) is -0.331. The van der Waals surface area contributed by atoms with Crippen LogP contribution in [0.3, 0.4) is 0 Å². The second-order valence-corrected chi connectivity index (χ2v) is 6.00. The van der Waals surface area contributed by atoms with Crippen LogP contribution in [0.1, 0.15) is 0 Å². The maximum Gasteiger partial charge on any atom is 0.326 e. The minimum absolute atomic E-state index is 0.00464. The molecule has 0 saturated heterocycles. The fourth-order valence-corrected chi connectivity index (χ4v) is 2.63. The number of aromatic nitrogens is 2. The number of esters is 1. The molecule has 0 fully saturated rings. The van der Waals surface area contributed by atoms with E-state index < -0.39 is 11.9 Å². The molecular formula is C17H14BrN3O3. The molecule has 0 spiro atoms. The smallest absolute Gasteiger partial charge is 0.326 e. The molecule has 0 aliphatic heterocycles. The fourth-order valence-electron chi connectivity index (χ4n) is 2.23. The minimum atomic E-state index is -0.498. The molecule has 0 aliphatic rings. The third-order valence-corrected chi connectivity index (χ3v) is 3.79. The van der Waals surface area contributed by atoms with Crippen molar-refractivity contribution in [3.05, 3.63) is 59.3 Å². The summed E-state index contributed by atoms with van der Waals surface area (Å²) in [6, 6.07) is 14.7. The van der Waals surface area contributed by atoms with Gasteiger partial charge in [0.1, 0.15) is 6.54 Å². The number of ether oxygens (including phenoxy) is 1. The molecule has 0 unspecified atom stereocenters. The Morgan fingerprint density at radius 2 is 2.00 bits per heavy atom. The van der Waals surface area contributed by atoms with E-state index in [1.807, 2.05) is 30.3 Å². The molecule has 122 valence electrons. The van der Waals surface area contributed by atoms with E-state index in [1.165, 1.54) is 0 Å². The number of nitrogens with zero attached hydrogens (tertiary/aromatic N) is 2. The van der Waals surface area contributed by atoms with E-state index in [0.29, 0.717) is 5.69 Å². The number of amides is 1. The average molecular weight is 388 g/mol. The summed E-state index contributed by atoms with van der Waals surface area (Å²) >= 11 is 3.32. The number of rotatable bonds is 5. The molecule has 24 heavy (non-hydrogen) atoms. The number of hydrogen-bond acceptors (Lipinski definition) is 4. The maximum atomic E-state index is 11.9. The number of hydrogen-bond donors (Lipinski definition) is 1. The summed E-state index contributed by atoms with van der Waals surface area (Å²) in [5.41, 5.74) is 2.27. The molecule has 0 aliphatic carbocycles. The van der Waals surface area contributed by atoms with E-state index in [1.54, 1.807) is 29.1 Å². The van der Waals surface area contributed by atoms with Crippen LogP contribution >= 0.6 is 15.9 Å². The van der Waals surface area contributed by atoms with E-state index in [2.05, 4.69) is 26.2 Å². The molecule has 1 heterocycles. The predicted octanol–water partition coefficient (Wildman–Crippen LogP) is 2.98. The third-order valence-electron chi connectivity index (χ3n) is 3.30. The number of para-hydroxylation sites is 2. The van der Waals surface area contributed by atoms with E-state index in [4.69, 9.17) is 4.74 Å². The second kappa shape index (κ2) is 7.27. The molecule has 3 aromatic rings. The average Bonchev–Trinajstić information content (AvgIpc) is 2.96.